The predicted octanol–water partition coefficient (Wildman–Crippen LogP) is 1.84. The van der Waals surface area contributed by atoms with Gasteiger partial charge in [-0.25, -0.2) is 0 Å². The Morgan fingerprint density at radius 3 is 2.35 bits per heavy atom. The van der Waals surface area contributed by atoms with Crippen LogP contribution in [0.5, 0.6) is 0 Å². The molecule has 1 aromatic rings. The van der Waals surface area contributed by atoms with E-state index in [-0.39, 0.29) is 17.7 Å². The standard InChI is InChI=1S/C20H23N3O3/c1-11(2)22-7-6-13-8-15-16(9-14(13)10-22)20(26)23(19(15)25)17-5-4-12(3)21-18(17)24/h8-9,11,17H,3-7,10H2,1-2H3,(H,21,24). The summed E-state index contributed by atoms with van der Waals surface area (Å²) in [6.45, 7) is 9.80. The van der Waals surface area contributed by atoms with Crippen LogP contribution in [0.2, 0.25) is 0 Å². The van der Waals surface area contributed by atoms with Crippen LogP contribution in [0.4, 0.5) is 0 Å². The second-order valence-electron chi connectivity index (χ2n) is 7.61. The number of allylic oxidation sites excluding steroid dienone is 1. The van der Waals surface area contributed by atoms with E-state index < -0.39 is 6.04 Å². The first-order valence-corrected chi connectivity index (χ1v) is 9.13. The second-order valence-corrected chi connectivity index (χ2v) is 7.61. The number of nitrogens with one attached hydrogen (secondary N) is 1. The Labute approximate surface area is 152 Å². The van der Waals surface area contributed by atoms with Gasteiger partial charge in [0.05, 0.1) is 11.1 Å². The van der Waals surface area contributed by atoms with Gasteiger partial charge in [-0.15, -0.1) is 0 Å². The number of hydrogen-bond donors (Lipinski definition) is 1. The molecular weight excluding hydrogens is 330 g/mol. The highest BCUT2D eigenvalue weighted by Gasteiger charge is 2.44. The molecule has 1 saturated heterocycles. The van der Waals surface area contributed by atoms with Crippen molar-refractivity contribution >= 4 is 17.7 Å². The summed E-state index contributed by atoms with van der Waals surface area (Å²) in [5.74, 6) is -1.04. The topological polar surface area (TPSA) is 69.7 Å². The monoisotopic (exact) mass is 353 g/mol. The lowest BCUT2D eigenvalue weighted by molar-refractivity contribution is -0.125. The zero-order chi connectivity index (χ0) is 18.6. The lowest BCUT2D eigenvalue weighted by Crippen LogP contribution is -2.51. The third-order valence-corrected chi connectivity index (χ3v) is 5.64. The van der Waals surface area contributed by atoms with Gasteiger partial charge in [-0.05, 0) is 56.4 Å². The van der Waals surface area contributed by atoms with E-state index in [4.69, 9.17) is 0 Å². The molecule has 1 aromatic carbocycles. The summed E-state index contributed by atoms with van der Waals surface area (Å²) in [4.78, 5) is 41.6. The molecular formula is C20H23N3O3. The largest absolute Gasteiger partial charge is 0.329 e. The molecule has 1 N–H and O–H groups in total. The fraction of sp³-hybridized carbons (Fsp3) is 0.450. The summed E-state index contributed by atoms with van der Waals surface area (Å²) in [5.41, 5.74) is 3.73. The van der Waals surface area contributed by atoms with E-state index in [1.807, 2.05) is 12.1 Å². The van der Waals surface area contributed by atoms with Gasteiger partial charge in [0.1, 0.15) is 6.04 Å². The quantitative estimate of drug-likeness (QED) is 0.824. The first kappa shape index (κ1) is 17.0. The molecule has 6 nitrogen and oxygen atoms in total. The van der Waals surface area contributed by atoms with Crippen LogP contribution in [0, 0.1) is 0 Å². The Morgan fingerprint density at radius 2 is 1.73 bits per heavy atom. The number of carbonyl (C=O) groups is 3. The van der Waals surface area contributed by atoms with Crippen LogP contribution >= 0.6 is 0 Å². The van der Waals surface area contributed by atoms with Crippen molar-refractivity contribution in [3.05, 3.63) is 46.7 Å². The smallest absolute Gasteiger partial charge is 0.262 e. The number of hydrogen-bond acceptors (Lipinski definition) is 4. The first-order chi connectivity index (χ1) is 12.4. The number of carbonyl (C=O) groups excluding carboxylic acids is 3. The Morgan fingerprint density at radius 1 is 1.08 bits per heavy atom. The summed E-state index contributed by atoms with van der Waals surface area (Å²) in [6.07, 6.45) is 1.87. The molecule has 0 radical (unpaired) electrons. The normalized spacial score (nSPS) is 23.3. The van der Waals surface area contributed by atoms with E-state index >= 15 is 0 Å². The highest BCUT2D eigenvalue weighted by Crippen LogP contribution is 2.32. The Hall–Kier alpha value is -2.47. The molecule has 6 heteroatoms. The lowest BCUT2D eigenvalue weighted by atomic mass is 9.94. The van der Waals surface area contributed by atoms with Crippen LogP contribution in [0.15, 0.2) is 24.4 Å². The van der Waals surface area contributed by atoms with Crippen LogP contribution < -0.4 is 5.32 Å². The Bertz CT molecular complexity index is 843. The van der Waals surface area contributed by atoms with Crippen LogP contribution in [-0.2, 0) is 17.8 Å². The molecule has 3 amide bonds. The molecule has 3 heterocycles. The molecule has 136 valence electrons. The molecule has 0 bridgehead atoms. The molecule has 0 spiro atoms. The van der Waals surface area contributed by atoms with Crippen molar-refractivity contribution < 1.29 is 14.4 Å². The summed E-state index contributed by atoms with van der Waals surface area (Å²) >= 11 is 0. The number of nitrogens with zero attached hydrogens (tertiary/aromatic N) is 2. The highest BCUT2D eigenvalue weighted by molar-refractivity contribution is 6.23. The Kier molecular flexibility index (Phi) is 3.95. The van der Waals surface area contributed by atoms with Gasteiger partial charge in [0, 0.05) is 24.8 Å². The van der Waals surface area contributed by atoms with Crippen molar-refractivity contribution in [2.75, 3.05) is 6.54 Å². The fourth-order valence-corrected chi connectivity index (χ4v) is 4.07. The van der Waals surface area contributed by atoms with Crippen LogP contribution in [-0.4, -0.2) is 46.1 Å². The minimum absolute atomic E-state index is 0.327. The summed E-state index contributed by atoms with van der Waals surface area (Å²) in [5, 5.41) is 2.66. The molecule has 1 fully saturated rings. The van der Waals surface area contributed by atoms with Crippen molar-refractivity contribution in [3.8, 4) is 0 Å². The number of amides is 3. The molecule has 1 atom stereocenters. The molecule has 0 saturated carbocycles. The van der Waals surface area contributed by atoms with E-state index in [9.17, 15) is 14.4 Å². The van der Waals surface area contributed by atoms with Crippen molar-refractivity contribution in [1.29, 1.82) is 0 Å². The molecule has 4 rings (SSSR count). The van der Waals surface area contributed by atoms with E-state index in [0.29, 0.717) is 35.7 Å². The third-order valence-electron chi connectivity index (χ3n) is 5.64. The van der Waals surface area contributed by atoms with E-state index in [2.05, 4.69) is 30.6 Å². The summed E-state index contributed by atoms with van der Waals surface area (Å²) in [6, 6.07) is 3.41. The van der Waals surface area contributed by atoms with Crippen molar-refractivity contribution in [2.45, 2.75) is 51.7 Å². The third kappa shape index (κ3) is 2.56. The molecule has 3 aliphatic heterocycles. The predicted molar refractivity (Wildman–Crippen MR) is 96.5 cm³/mol. The van der Waals surface area contributed by atoms with Gasteiger partial charge in [-0.2, -0.15) is 0 Å². The van der Waals surface area contributed by atoms with Crippen molar-refractivity contribution in [1.82, 2.24) is 15.1 Å². The minimum Gasteiger partial charge on any atom is -0.329 e. The maximum Gasteiger partial charge on any atom is 0.262 e. The maximum atomic E-state index is 12.9. The van der Waals surface area contributed by atoms with Crippen LogP contribution in [0.25, 0.3) is 0 Å². The zero-order valence-corrected chi connectivity index (χ0v) is 15.2. The number of fused-ring (bicyclic) bond motifs is 2. The van der Waals surface area contributed by atoms with Gasteiger partial charge in [-0.1, -0.05) is 6.58 Å². The van der Waals surface area contributed by atoms with E-state index in [0.717, 1.165) is 35.5 Å². The van der Waals surface area contributed by atoms with Crippen molar-refractivity contribution in [2.24, 2.45) is 0 Å². The van der Waals surface area contributed by atoms with Gasteiger partial charge in [0.2, 0.25) is 5.91 Å². The van der Waals surface area contributed by atoms with E-state index in [1.165, 1.54) is 0 Å². The van der Waals surface area contributed by atoms with E-state index in [1.54, 1.807) is 0 Å². The van der Waals surface area contributed by atoms with Gasteiger partial charge in [0.25, 0.3) is 11.8 Å². The average Bonchev–Trinajstić information content (AvgIpc) is 2.84. The molecule has 26 heavy (non-hydrogen) atoms. The summed E-state index contributed by atoms with van der Waals surface area (Å²) in [7, 11) is 0. The van der Waals surface area contributed by atoms with Gasteiger partial charge in [0.15, 0.2) is 0 Å². The Balaban J connectivity index is 1.67. The number of imide groups is 1. The number of benzene rings is 1. The second kappa shape index (κ2) is 6.06. The highest BCUT2D eigenvalue weighted by atomic mass is 16.2. The number of piperidine rings is 1. The van der Waals surface area contributed by atoms with Gasteiger partial charge in [-0.3, -0.25) is 24.2 Å². The lowest BCUT2D eigenvalue weighted by Gasteiger charge is -2.32. The fourth-order valence-electron chi connectivity index (χ4n) is 4.07. The van der Waals surface area contributed by atoms with Crippen LogP contribution in [0.1, 0.15) is 58.5 Å². The zero-order valence-electron chi connectivity index (χ0n) is 15.2. The van der Waals surface area contributed by atoms with Crippen molar-refractivity contribution in [3.63, 3.8) is 0 Å². The number of rotatable bonds is 2. The first-order valence-electron chi connectivity index (χ1n) is 9.13. The minimum atomic E-state index is -0.753. The maximum absolute atomic E-state index is 12.9. The summed E-state index contributed by atoms with van der Waals surface area (Å²) < 4.78 is 0. The SMILES string of the molecule is C=C1CCC(N2C(=O)c3cc4c(cc3C2=O)CN(C(C)C)CC4)C(=O)N1. The molecule has 1 unspecified atom stereocenters. The molecule has 0 aliphatic carbocycles. The van der Waals surface area contributed by atoms with Gasteiger partial charge < -0.3 is 5.32 Å². The molecule has 0 aromatic heterocycles. The van der Waals surface area contributed by atoms with Crippen LogP contribution in [0.3, 0.4) is 0 Å². The molecule has 3 aliphatic rings. The average molecular weight is 353 g/mol. The van der Waals surface area contributed by atoms with Gasteiger partial charge >= 0.3 is 0 Å².